The van der Waals surface area contributed by atoms with E-state index in [-0.39, 0.29) is 0 Å². The first-order valence-electron chi connectivity index (χ1n) is 6.04. The molecule has 2 aromatic carbocycles. The number of amides is 2. The first-order valence-corrected chi connectivity index (χ1v) is 6.04. The molecule has 98 valence electrons. The molecule has 2 aromatic rings. The van der Waals surface area contributed by atoms with E-state index < -0.39 is 16.6 Å². The van der Waals surface area contributed by atoms with Crippen molar-refractivity contribution in [3.8, 4) is 0 Å². The van der Waals surface area contributed by atoms with Crippen LogP contribution in [-0.4, -0.2) is 23.3 Å². The molecule has 0 saturated heterocycles. The monoisotopic (exact) mass is 267 g/mol. The molecular weight excluding hydrogens is 256 g/mol. The predicted octanol–water partition coefficient (Wildman–Crippen LogP) is 2.86. The third-order valence-electron chi connectivity index (χ3n) is 3.26. The number of carbonyl (C=O) groups is 2. The molecule has 1 atom stereocenters. The van der Waals surface area contributed by atoms with E-state index in [1.54, 1.807) is 54.6 Å². The Hall–Kier alpha value is -2.79. The van der Waals surface area contributed by atoms with Crippen LogP contribution < -0.4 is 4.59 Å². The van der Waals surface area contributed by atoms with Crippen LogP contribution >= 0.6 is 0 Å². The number of nitrogens with zero attached hydrogens (tertiary/aromatic N) is 2. The average Bonchev–Trinajstić information content (AvgIpc) is 2.49. The van der Waals surface area contributed by atoms with E-state index >= 15 is 0 Å². The minimum atomic E-state index is -1.33. The van der Waals surface area contributed by atoms with Crippen molar-refractivity contribution in [2.45, 2.75) is 0 Å². The fourth-order valence-electron chi connectivity index (χ4n) is 2.25. The highest BCUT2D eigenvalue weighted by molar-refractivity contribution is 6.18. The minimum absolute atomic E-state index is 0.302. The van der Waals surface area contributed by atoms with Gasteiger partial charge in [-0.25, -0.2) is 4.79 Å². The number of benzene rings is 2. The predicted molar refractivity (Wildman–Crippen MR) is 74.6 cm³/mol. The fourth-order valence-corrected chi connectivity index (χ4v) is 2.25. The van der Waals surface area contributed by atoms with E-state index in [1.165, 1.54) is 6.21 Å². The van der Waals surface area contributed by atoms with Gasteiger partial charge in [0.05, 0.1) is 11.8 Å². The van der Waals surface area contributed by atoms with Crippen molar-refractivity contribution in [1.82, 2.24) is 4.59 Å². The molecule has 0 aliphatic carbocycles. The second-order valence-corrected chi connectivity index (χ2v) is 4.39. The second-order valence-electron chi connectivity index (χ2n) is 4.39. The summed E-state index contributed by atoms with van der Waals surface area (Å²) in [5.41, 5.74) is 1.29. The topological polar surface area (TPSA) is 66.7 Å². The molecule has 2 amide bonds. The molecule has 3 rings (SSSR count). The van der Waals surface area contributed by atoms with Crippen LogP contribution in [0.1, 0.15) is 15.9 Å². The van der Waals surface area contributed by atoms with Crippen LogP contribution in [-0.2, 0) is 0 Å². The number of quaternary nitrogens is 1. The Kier molecular flexibility index (Phi) is 2.69. The Bertz CT molecular complexity index is 725. The summed E-state index contributed by atoms with van der Waals surface area (Å²) >= 11 is 0. The van der Waals surface area contributed by atoms with E-state index in [4.69, 9.17) is 0 Å². The number of hydrogen-bond donors (Lipinski definition) is 1. The van der Waals surface area contributed by atoms with E-state index in [1.807, 2.05) is 0 Å². The van der Waals surface area contributed by atoms with E-state index in [9.17, 15) is 14.7 Å². The van der Waals surface area contributed by atoms with Gasteiger partial charge >= 0.3 is 12.0 Å². The number of imide groups is 1. The van der Waals surface area contributed by atoms with Crippen LogP contribution in [0.25, 0.3) is 0 Å². The summed E-state index contributed by atoms with van der Waals surface area (Å²) in [4.78, 5) is 24.4. The molecule has 20 heavy (non-hydrogen) atoms. The van der Waals surface area contributed by atoms with Crippen molar-refractivity contribution >= 4 is 23.9 Å². The molecule has 0 fully saturated rings. The number of rotatable bonds is 1. The first-order chi connectivity index (χ1) is 9.66. The maximum Gasteiger partial charge on any atom is 0.554 e. The number of carbonyl (C=O) groups excluding carboxylic acids is 1. The molecule has 5 nitrogen and oxygen atoms in total. The summed E-state index contributed by atoms with van der Waals surface area (Å²) in [6.45, 7) is 0. The lowest BCUT2D eigenvalue weighted by Crippen LogP contribution is -2.55. The van der Waals surface area contributed by atoms with Crippen LogP contribution in [0.4, 0.5) is 10.5 Å². The van der Waals surface area contributed by atoms with Crippen LogP contribution in [0, 0.1) is 0 Å². The fraction of sp³-hybridized carbons (Fsp3) is 0. The van der Waals surface area contributed by atoms with Gasteiger partial charge in [-0.1, -0.05) is 41.5 Å². The zero-order valence-corrected chi connectivity index (χ0v) is 10.4. The highest BCUT2D eigenvalue weighted by atomic mass is 16.4. The Morgan fingerprint density at radius 3 is 2.35 bits per heavy atom. The van der Waals surface area contributed by atoms with E-state index in [0.717, 1.165) is 0 Å². The SMILES string of the molecule is O=C(O)[N+]1(c2ccccc2)N=Cc2ccccc2C1=O. The third kappa shape index (κ3) is 1.57. The van der Waals surface area contributed by atoms with E-state index in [2.05, 4.69) is 5.10 Å². The van der Waals surface area contributed by atoms with Crippen molar-refractivity contribution in [3.63, 3.8) is 0 Å². The van der Waals surface area contributed by atoms with Crippen molar-refractivity contribution in [2.24, 2.45) is 5.10 Å². The van der Waals surface area contributed by atoms with Gasteiger partial charge in [0, 0.05) is 22.3 Å². The molecule has 0 aromatic heterocycles. The summed E-state index contributed by atoms with van der Waals surface area (Å²) in [5, 5.41) is 13.6. The van der Waals surface area contributed by atoms with Crippen molar-refractivity contribution < 1.29 is 14.7 Å². The Balaban J connectivity index is 2.26. The molecule has 0 saturated carbocycles. The molecule has 5 heteroatoms. The molecule has 1 aliphatic rings. The van der Waals surface area contributed by atoms with Gasteiger partial charge in [-0.05, 0) is 6.07 Å². The lowest BCUT2D eigenvalue weighted by molar-refractivity contribution is 0.0749. The van der Waals surface area contributed by atoms with Gasteiger partial charge < -0.3 is 5.11 Å². The van der Waals surface area contributed by atoms with Crippen LogP contribution in [0.5, 0.6) is 0 Å². The summed E-state index contributed by atoms with van der Waals surface area (Å²) in [7, 11) is 0. The summed E-state index contributed by atoms with van der Waals surface area (Å²) < 4.78 is -1.09. The van der Waals surface area contributed by atoms with Crippen molar-refractivity contribution in [1.29, 1.82) is 0 Å². The zero-order valence-electron chi connectivity index (χ0n) is 10.4. The van der Waals surface area contributed by atoms with E-state index in [0.29, 0.717) is 16.8 Å². The summed E-state index contributed by atoms with van der Waals surface area (Å²) in [5.74, 6) is -0.568. The Labute approximate surface area is 115 Å². The molecular formula is C15H11N2O3+. The number of fused-ring (bicyclic) bond motifs is 1. The van der Waals surface area contributed by atoms with Crippen LogP contribution in [0.3, 0.4) is 0 Å². The number of para-hydroxylation sites is 1. The smallest absolute Gasteiger partial charge is 0.433 e. The normalized spacial score (nSPS) is 20.5. The van der Waals surface area contributed by atoms with Gasteiger partial charge in [-0.3, -0.25) is 0 Å². The molecule has 0 radical (unpaired) electrons. The molecule has 1 unspecified atom stereocenters. The number of hydrogen-bond acceptors (Lipinski definition) is 3. The van der Waals surface area contributed by atoms with Gasteiger partial charge in [0.1, 0.15) is 0 Å². The maximum absolute atomic E-state index is 12.7. The highest BCUT2D eigenvalue weighted by Crippen LogP contribution is 2.30. The Morgan fingerprint density at radius 1 is 1.00 bits per heavy atom. The Morgan fingerprint density at radius 2 is 1.65 bits per heavy atom. The summed E-state index contributed by atoms with van der Waals surface area (Å²) in [6, 6.07) is 15.1. The molecule has 0 bridgehead atoms. The molecule has 1 heterocycles. The molecule has 0 spiro atoms. The molecule has 1 N–H and O–H groups in total. The average molecular weight is 267 g/mol. The van der Waals surface area contributed by atoms with Gasteiger partial charge in [0.2, 0.25) is 0 Å². The zero-order chi connectivity index (χ0) is 14.2. The maximum atomic E-state index is 12.7. The minimum Gasteiger partial charge on any atom is -0.433 e. The number of carboxylic acid groups (broad SMARTS) is 1. The highest BCUT2D eigenvalue weighted by Gasteiger charge is 2.52. The van der Waals surface area contributed by atoms with Crippen molar-refractivity contribution in [3.05, 3.63) is 65.7 Å². The third-order valence-corrected chi connectivity index (χ3v) is 3.26. The summed E-state index contributed by atoms with van der Waals surface area (Å²) in [6.07, 6.45) is 0.102. The van der Waals surface area contributed by atoms with Crippen LogP contribution in [0.2, 0.25) is 0 Å². The quantitative estimate of drug-likeness (QED) is 0.808. The van der Waals surface area contributed by atoms with Gasteiger partial charge in [-0.2, -0.15) is 4.79 Å². The van der Waals surface area contributed by atoms with Gasteiger partial charge in [-0.15, -0.1) is 0 Å². The standard InChI is InChI=1S/C15H10N2O3/c18-14-13-9-5-4-6-11(13)10-16-17(14,15(19)20)12-7-2-1-3-8-12/h1-10H/p+1. The largest absolute Gasteiger partial charge is 0.554 e. The first kappa shape index (κ1) is 12.3. The second kappa shape index (κ2) is 4.40. The lowest BCUT2D eigenvalue weighted by atomic mass is 10.0. The van der Waals surface area contributed by atoms with Crippen molar-refractivity contribution in [2.75, 3.05) is 0 Å². The lowest BCUT2D eigenvalue weighted by Gasteiger charge is -2.25. The van der Waals surface area contributed by atoms with Gasteiger partial charge in [0.15, 0.2) is 5.69 Å². The molecule has 1 aliphatic heterocycles. The van der Waals surface area contributed by atoms with Crippen LogP contribution in [0.15, 0.2) is 59.7 Å². The van der Waals surface area contributed by atoms with Gasteiger partial charge in [0.25, 0.3) is 0 Å².